The minimum Gasteiger partial charge on any atom is -0.497 e. The van der Waals surface area contributed by atoms with Crippen LogP contribution in [-0.2, 0) is 4.79 Å². The van der Waals surface area contributed by atoms with Gasteiger partial charge in [0, 0.05) is 31.8 Å². The number of ketones is 1. The number of allylic oxidation sites excluding steroid dienone is 3. The second kappa shape index (κ2) is 8.29. The monoisotopic (exact) mass is 414 g/mol. The zero-order valence-electron chi connectivity index (χ0n) is 18.0. The van der Waals surface area contributed by atoms with Gasteiger partial charge in [0.15, 0.2) is 5.78 Å². The van der Waals surface area contributed by atoms with Gasteiger partial charge in [-0.05, 0) is 35.6 Å². The first kappa shape index (κ1) is 20.7. The number of rotatable bonds is 4. The molecule has 4 rings (SSSR count). The first-order valence-electron chi connectivity index (χ1n) is 10.3. The quantitative estimate of drug-likeness (QED) is 0.822. The highest BCUT2D eigenvalue weighted by Crippen LogP contribution is 2.48. The molecule has 2 N–H and O–H groups in total. The number of hydrogen-bond donors (Lipinski definition) is 1. The van der Waals surface area contributed by atoms with Gasteiger partial charge in [0.2, 0.25) is 0 Å². The van der Waals surface area contributed by atoms with Crippen LogP contribution in [-0.4, -0.2) is 37.0 Å². The Hall–Kier alpha value is -3.56. The highest BCUT2D eigenvalue weighted by molar-refractivity contribution is 6.00. The summed E-state index contributed by atoms with van der Waals surface area (Å²) in [6.45, 7) is 0. The van der Waals surface area contributed by atoms with Crippen LogP contribution in [0.15, 0.2) is 77.3 Å². The summed E-state index contributed by atoms with van der Waals surface area (Å²) in [7, 11) is 5.35. The Labute approximate surface area is 182 Å². The number of nitrogens with zero attached hydrogens (tertiary/aromatic N) is 3. The Kier molecular flexibility index (Phi) is 5.53. The zero-order valence-corrected chi connectivity index (χ0v) is 18.0. The molecule has 2 atom stereocenters. The maximum absolute atomic E-state index is 13.6. The molecule has 2 aromatic carbocycles. The molecular formula is C25H26N4O2. The van der Waals surface area contributed by atoms with E-state index in [0.717, 1.165) is 22.6 Å². The molecule has 0 saturated carbocycles. The van der Waals surface area contributed by atoms with Crippen molar-refractivity contribution in [2.45, 2.75) is 24.7 Å². The van der Waals surface area contributed by atoms with E-state index >= 15 is 0 Å². The molecule has 2 aliphatic rings. The van der Waals surface area contributed by atoms with E-state index in [9.17, 15) is 10.1 Å². The predicted molar refractivity (Wildman–Crippen MR) is 119 cm³/mol. The van der Waals surface area contributed by atoms with Crippen LogP contribution in [0.2, 0.25) is 0 Å². The second-order valence-corrected chi connectivity index (χ2v) is 8.08. The van der Waals surface area contributed by atoms with Gasteiger partial charge in [0.1, 0.15) is 11.6 Å². The van der Waals surface area contributed by atoms with Gasteiger partial charge in [-0.1, -0.05) is 42.5 Å². The molecule has 1 aliphatic carbocycles. The van der Waals surface area contributed by atoms with Gasteiger partial charge in [-0.25, -0.2) is 5.01 Å². The van der Waals surface area contributed by atoms with Gasteiger partial charge in [0.25, 0.3) is 0 Å². The molecule has 158 valence electrons. The number of carbonyl (C=O) groups excluding carboxylic acids is 1. The van der Waals surface area contributed by atoms with Crippen molar-refractivity contribution >= 4 is 5.78 Å². The van der Waals surface area contributed by atoms with Crippen molar-refractivity contribution in [3.8, 4) is 11.8 Å². The van der Waals surface area contributed by atoms with Gasteiger partial charge in [-0.3, -0.25) is 9.80 Å². The molecular weight excluding hydrogens is 388 g/mol. The van der Waals surface area contributed by atoms with E-state index in [1.165, 1.54) is 0 Å². The molecule has 0 spiro atoms. The number of hydrazine groups is 1. The van der Waals surface area contributed by atoms with Gasteiger partial charge >= 0.3 is 0 Å². The number of carbonyl (C=O) groups is 1. The van der Waals surface area contributed by atoms with E-state index in [0.29, 0.717) is 29.8 Å². The summed E-state index contributed by atoms with van der Waals surface area (Å²) in [4.78, 5) is 13.6. The van der Waals surface area contributed by atoms with Crippen LogP contribution in [0.4, 0.5) is 0 Å². The molecule has 1 aliphatic heterocycles. The van der Waals surface area contributed by atoms with Crippen LogP contribution >= 0.6 is 0 Å². The number of benzene rings is 2. The van der Waals surface area contributed by atoms with Crippen molar-refractivity contribution in [2.75, 3.05) is 21.2 Å². The lowest BCUT2D eigenvalue weighted by Gasteiger charge is -2.43. The smallest absolute Gasteiger partial charge is 0.162 e. The minimum atomic E-state index is -0.480. The van der Waals surface area contributed by atoms with E-state index in [1.54, 1.807) is 7.11 Å². The molecule has 31 heavy (non-hydrogen) atoms. The van der Waals surface area contributed by atoms with Crippen molar-refractivity contribution in [2.24, 2.45) is 5.73 Å². The fraction of sp³-hybridized carbons (Fsp3) is 0.280. The third kappa shape index (κ3) is 3.58. The first-order chi connectivity index (χ1) is 15.0. The first-order valence-corrected chi connectivity index (χ1v) is 10.3. The van der Waals surface area contributed by atoms with Gasteiger partial charge in [-0.2, -0.15) is 5.26 Å². The van der Waals surface area contributed by atoms with Crippen molar-refractivity contribution in [1.29, 1.82) is 5.26 Å². The van der Waals surface area contributed by atoms with E-state index < -0.39 is 5.92 Å². The van der Waals surface area contributed by atoms with Crippen LogP contribution in [0.3, 0.4) is 0 Å². The Morgan fingerprint density at radius 2 is 1.74 bits per heavy atom. The van der Waals surface area contributed by atoms with Crippen LogP contribution in [0.5, 0.6) is 5.75 Å². The lowest BCUT2D eigenvalue weighted by molar-refractivity contribution is -0.117. The third-order valence-electron chi connectivity index (χ3n) is 6.06. The van der Waals surface area contributed by atoms with Crippen molar-refractivity contribution in [3.63, 3.8) is 0 Å². The van der Waals surface area contributed by atoms with Crippen molar-refractivity contribution in [3.05, 3.63) is 88.4 Å². The molecule has 0 amide bonds. The van der Waals surface area contributed by atoms with Crippen LogP contribution in [0.1, 0.15) is 35.8 Å². The summed E-state index contributed by atoms with van der Waals surface area (Å²) in [6.07, 6.45) is 1.09. The zero-order chi connectivity index (χ0) is 22.1. The lowest BCUT2D eigenvalue weighted by Crippen LogP contribution is -2.46. The lowest BCUT2D eigenvalue weighted by atomic mass is 9.72. The van der Waals surface area contributed by atoms with Gasteiger partial charge < -0.3 is 10.5 Å². The fourth-order valence-electron chi connectivity index (χ4n) is 4.66. The second-order valence-electron chi connectivity index (χ2n) is 8.08. The molecule has 6 heteroatoms. The Balaban J connectivity index is 1.87. The molecule has 0 fully saturated rings. The largest absolute Gasteiger partial charge is 0.497 e. The minimum absolute atomic E-state index is 0.0584. The van der Waals surface area contributed by atoms with Crippen molar-refractivity contribution < 1.29 is 9.53 Å². The highest BCUT2D eigenvalue weighted by Gasteiger charge is 2.43. The normalized spacial score (nSPS) is 21.3. The fourth-order valence-corrected chi connectivity index (χ4v) is 4.66. The van der Waals surface area contributed by atoms with E-state index in [4.69, 9.17) is 10.5 Å². The summed E-state index contributed by atoms with van der Waals surface area (Å²) >= 11 is 0. The molecule has 0 saturated heterocycles. The maximum atomic E-state index is 13.6. The van der Waals surface area contributed by atoms with Crippen LogP contribution < -0.4 is 10.5 Å². The van der Waals surface area contributed by atoms with E-state index in [-0.39, 0.29) is 11.7 Å². The molecule has 0 unspecified atom stereocenters. The van der Waals surface area contributed by atoms with Crippen LogP contribution in [0.25, 0.3) is 0 Å². The van der Waals surface area contributed by atoms with Gasteiger partial charge in [0.05, 0.1) is 24.7 Å². The summed E-state index contributed by atoms with van der Waals surface area (Å²) < 4.78 is 5.27. The molecule has 6 nitrogen and oxygen atoms in total. The number of hydrogen-bond acceptors (Lipinski definition) is 6. The summed E-state index contributed by atoms with van der Waals surface area (Å²) in [5, 5.41) is 13.7. The number of nitriles is 1. The van der Waals surface area contributed by atoms with Crippen molar-refractivity contribution in [1.82, 2.24) is 10.0 Å². The Morgan fingerprint density at radius 1 is 1.06 bits per heavy atom. The Morgan fingerprint density at radius 3 is 2.32 bits per heavy atom. The number of nitrogens with two attached hydrogens (primary N) is 1. The molecule has 2 aromatic rings. The topological polar surface area (TPSA) is 82.6 Å². The molecule has 0 aromatic heterocycles. The van der Waals surface area contributed by atoms with E-state index in [2.05, 4.69) is 18.2 Å². The summed E-state index contributed by atoms with van der Waals surface area (Å²) in [6, 6.07) is 19.9. The standard InChI is InChI=1S/C25H26N4O2/c1-28(2)29-21-13-18(16-7-5-4-6-8-16)14-22(30)24(21)23(20(15-26)25(29)27)17-9-11-19(31-3)12-10-17/h4-12,18,23H,13-14,27H2,1-3H3/t18-,23+/m1/s1. The average Bonchev–Trinajstić information content (AvgIpc) is 2.78. The Bertz CT molecular complexity index is 1090. The molecule has 0 bridgehead atoms. The summed E-state index contributed by atoms with van der Waals surface area (Å²) in [5.41, 5.74) is 10.4. The molecule has 1 heterocycles. The van der Waals surface area contributed by atoms with Crippen LogP contribution in [0, 0.1) is 11.3 Å². The maximum Gasteiger partial charge on any atom is 0.162 e. The number of ether oxygens (including phenoxy) is 1. The number of methoxy groups -OCH3 is 1. The third-order valence-corrected chi connectivity index (χ3v) is 6.06. The van der Waals surface area contributed by atoms with E-state index in [1.807, 2.05) is 66.6 Å². The SMILES string of the molecule is COc1ccc([C@H]2C(C#N)=C(N)N(N(C)C)C3=C2C(=O)C[C@H](c2ccccc2)C3)cc1. The number of Topliss-reactive ketones (excluding diaryl/α,β-unsaturated/α-hetero) is 1. The van der Waals surface area contributed by atoms with Gasteiger partial charge in [-0.15, -0.1) is 0 Å². The average molecular weight is 415 g/mol. The predicted octanol–water partition coefficient (Wildman–Crippen LogP) is 3.67. The summed E-state index contributed by atoms with van der Waals surface area (Å²) in [5.74, 6) is 0.740. The highest BCUT2D eigenvalue weighted by atomic mass is 16.5. The molecule has 0 radical (unpaired) electrons.